The van der Waals surface area contributed by atoms with E-state index in [-0.39, 0.29) is 17.9 Å². The molecule has 1 aliphatic rings. The SMILES string of the molecule is O=C(NC1CCN(C(=O)c2ccco2)CC1)c1cc(-c2ccc(Cl)s2)nc2ccccc12. The number of carbonyl (C=O) groups is 2. The number of para-hydroxylation sites is 1. The summed E-state index contributed by atoms with van der Waals surface area (Å²) in [5.41, 5.74) is 2.08. The van der Waals surface area contributed by atoms with Crippen LogP contribution in [0.15, 0.2) is 65.3 Å². The van der Waals surface area contributed by atoms with E-state index in [1.165, 1.54) is 17.6 Å². The van der Waals surface area contributed by atoms with Crippen molar-refractivity contribution >= 4 is 45.7 Å². The van der Waals surface area contributed by atoms with Crippen molar-refractivity contribution in [3.63, 3.8) is 0 Å². The fourth-order valence-corrected chi connectivity index (χ4v) is 4.99. The number of nitrogens with one attached hydrogen (secondary N) is 1. The van der Waals surface area contributed by atoms with Gasteiger partial charge in [-0.3, -0.25) is 9.59 Å². The van der Waals surface area contributed by atoms with Gasteiger partial charge in [0.1, 0.15) is 0 Å². The van der Waals surface area contributed by atoms with E-state index in [1.54, 1.807) is 17.0 Å². The number of hydrogen-bond donors (Lipinski definition) is 1. The summed E-state index contributed by atoms with van der Waals surface area (Å²) in [6.07, 6.45) is 2.88. The van der Waals surface area contributed by atoms with Crippen LogP contribution in [0, 0.1) is 0 Å². The van der Waals surface area contributed by atoms with Crippen LogP contribution in [-0.4, -0.2) is 40.8 Å². The van der Waals surface area contributed by atoms with E-state index in [0.29, 0.717) is 41.6 Å². The Labute approximate surface area is 193 Å². The van der Waals surface area contributed by atoms with E-state index >= 15 is 0 Å². The van der Waals surface area contributed by atoms with Crippen molar-refractivity contribution in [1.82, 2.24) is 15.2 Å². The maximum Gasteiger partial charge on any atom is 0.289 e. The largest absolute Gasteiger partial charge is 0.459 e. The number of rotatable bonds is 4. The molecule has 0 radical (unpaired) electrons. The number of nitrogens with zero attached hydrogens (tertiary/aromatic N) is 2. The minimum Gasteiger partial charge on any atom is -0.459 e. The van der Waals surface area contributed by atoms with Gasteiger partial charge in [-0.15, -0.1) is 11.3 Å². The van der Waals surface area contributed by atoms with Crippen LogP contribution in [0.1, 0.15) is 33.8 Å². The highest BCUT2D eigenvalue weighted by molar-refractivity contribution is 7.19. The summed E-state index contributed by atoms with van der Waals surface area (Å²) < 4.78 is 5.89. The Morgan fingerprint density at radius 2 is 1.91 bits per heavy atom. The molecular weight excluding hydrogens is 446 g/mol. The number of likely N-dealkylation sites (tertiary alicyclic amines) is 1. The van der Waals surface area contributed by atoms with Gasteiger partial charge in [0.25, 0.3) is 11.8 Å². The standard InChI is InChI=1S/C24H20ClN3O3S/c25-22-8-7-21(32-22)19-14-17(16-4-1-2-5-18(16)27-19)23(29)26-15-9-11-28(12-10-15)24(30)20-6-3-13-31-20/h1-8,13-15H,9-12H2,(H,26,29). The smallest absolute Gasteiger partial charge is 0.289 e. The van der Waals surface area contributed by atoms with Crippen LogP contribution in [0.4, 0.5) is 0 Å². The molecule has 0 atom stereocenters. The van der Waals surface area contributed by atoms with Gasteiger partial charge < -0.3 is 14.6 Å². The fraction of sp³-hybridized carbons (Fsp3) is 0.208. The second-order valence-electron chi connectivity index (χ2n) is 7.69. The zero-order valence-electron chi connectivity index (χ0n) is 17.1. The van der Waals surface area contributed by atoms with Gasteiger partial charge in [-0.1, -0.05) is 29.8 Å². The summed E-state index contributed by atoms with van der Waals surface area (Å²) >= 11 is 7.54. The molecule has 1 aliphatic heterocycles. The van der Waals surface area contributed by atoms with E-state index in [4.69, 9.17) is 21.0 Å². The van der Waals surface area contributed by atoms with Gasteiger partial charge in [0.2, 0.25) is 0 Å². The first-order valence-corrected chi connectivity index (χ1v) is 11.6. The Morgan fingerprint density at radius 1 is 1.09 bits per heavy atom. The lowest BCUT2D eigenvalue weighted by Crippen LogP contribution is -2.46. The summed E-state index contributed by atoms with van der Waals surface area (Å²) in [5.74, 6) is 0.0967. The second kappa shape index (κ2) is 8.76. The first-order chi connectivity index (χ1) is 15.6. The summed E-state index contributed by atoms with van der Waals surface area (Å²) in [7, 11) is 0. The number of hydrogen-bond acceptors (Lipinski definition) is 5. The number of halogens is 1. The molecule has 0 unspecified atom stereocenters. The number of carbonyl (C=O) groups excluding carboxylic acids is 2. The molecule has 32 heavy (non-hydrogen) atoms. The van der Waals surface area contributed by atoms with Gasteiger partial charge in [0.15, 0.2) is 5.76 Å². The third-order valence-electron chi connectivity index (χ3n) is 5.64. The van der Waals surface area contributed by atoms with Crippen LogP contribution >= 0.6 is 22.9 Å². The molecule has 0 bridgehead atoms. The Balaban J connectivity index is 1.33. The lowest BCUT2D eigenvalue weighted by atomic mass is 10.0. The van der Waals surface area contributed by atoms with Gasteiger partial charge in [-0.05, 0) is 49.2 Å². The molecule has 1 saturated heterocycles. The average molecular weight is 466 g/mol. The molecule has 5 rings (SSSR count). The molecule has 8 heteroatoms. The van der Waals surface area contributed by atoms with Gasteiger partial charge >= 0.3 is 0 Å². The first-order valence-electron chi connectivity index (χ1n) is 10.4. The first kappa shape index (κ1) is 20.7. The highest BCUT2D eigenvalue weighted by atomic mass is 35.5. The van der Waals surface area contributed by atoms with Gasteiger partial charge in [0, 0.05) is 24.5 Å². The summed E-state index contributed by atoms with van der Waals surface area (Å²) in [4.78, 5) is 33.1. The van der Waals surface area contributed by atoms with E-state index < -0.39 is 0 Å². The number of fused-ring (bicyclic) bond motifs is 1. The summed E-state index contributed by atoms with van der Waals surface area (Å²) in [5, 5.41) is 3.96. The van der Waals surface area contributed by atoms with Crippen molar-refractivity contribution in [2.24, 2.45) is 0 Å². The van der Waals surface area contributed by atoms with Crippen molar-refractivity contribution in [3.05, 3.63) is 76.5 Å². The Kier molecular flexibility index (Phi) is 5.68. The third kappa shape index (κ3) is 4.13. The average Bonchev–Trinajstić information content (AvgIpc) is 3.50. The van der Waals surface area contributed by atoms with Crippen molar-refractivity contribution in [3.8, 4) is 10.6 Å². The van der Waals surface area contributed by atoms with Crippen LogP contribution < -0.4 is 5.32 Å². The Hall–Kier alpha value is -3.16. The zero-order valence-corrected chi connectivity index (χ0v) is 18.7. The molecule has 0 saturated carbocycles. The molecule has 0 spiro atoms. The van der Waals surface area contributed by atoms with Crippen LogP contribution in [0.3, 0.4) is 0 Å². The highest BCUT2D eigenvalue weighted by Gasteiger charge is 2.26. The van der Waals surface area contributed by atoms with Crippen molar-refractivity contribution < 1.29 is 14.0 Å². The molecule has 1 aromatic carbocycles. The van der Waals surface area contributed by atoms with E-state index in [2.05, 4.69) is 5.32 Å². The van der Waals surface area contributed by atoms with Crippen molar-refractivity contribution in [2.75, 3.05) is 13.1 Å². The third-order valence-corrected chi connectivity index (χ3v) is 6.89. The van der Waals surface area contributed by atoms with Gasteiger partial charge in [-0.2, -0.15) is 0 Å². The van der Waals surface area contributed by atoms with Crippen molar-refractivity contribution in [2.45, 2.75) is 18.9 Å². The number of furan rings is 1. The molecular formula is C24H20ClN3O3S. The number of pyridine rings is 1. The van der Waals surface area contributed by atoms with Crippen LogP contribution in [0.25, 0.3) is 21.5 Å². The molecule has 6 nitrogen and oxygen atoms in total. The number of piperidine rings is 1. The zero-order chi connectivity index (χ0) is 22.1. The summed E-state index contributed by atoms with van der Waals surface area (Å²) in [6.45, 7) is 1.14. The molecule has 162 valence electrons. The van der Waals surface area contributed by atoms with Crippen molar-refractivity contribution in [1.29, 1.82) is 0 Å². The molecule has 4 aromatic rings. The van der Waals surface area contributed by atoms with E-state index in [9.17, 15) is 9.59 Å². The molecule has 1 fully saturated rings. The lowest BCUT2D eigenvalue weighted by molar-refractivity contribution is 0.0667. The maximum absolute atomic E-state index is 13.3. The molecule has 0 aliphatic carbocycles. The van der Waals surface area contributed by atoms with Crippen LogP contribution in [0.5, 0.6) is 0 Å². The van der Waals surface area contributed by atoms with Crippen LogP contribution in [0.2, 0.25) is 4.34 Å². The normalized spacial score (nSPS) is 14.6. The highest BCUT2D eigenvalue weighted by Crippen LogP contribution is 2.32. The maximum atomic E-state index is 13.3. The predicted molar refractivity (Wildman–Crippen MR) is 125 cm³/mol. The number of benzene rings is 1. The molecule has 3 aromatic heterocycles. The second-order valence-corrected chi connectivity index (χ2v) is 9.41. The van der Waals surface area contributed by atoms with E-state index in [1.807, 2.05) is 42.5 Å². The minimum atomic E-state index is -0.136. The van der Waals surface area contributed by atoms with E-state index in [0.717, 1.165) is 21.5 Å². The molecule has 1 N–H and O–H groups in total. The molecule has 2 amide bonds. The molecule has 4 heterocycles. The monoisotopic (exact) mass is 465 g/mol. The fourth-order valence-electron chi connectivity index (χ4n) is 3.99. The topological polar surface area (TPSA) is 75.4 Å². The Morgan fingerprint density at radius 3 is 2.62 bits per heavy atom. The van der Waals surface area contributed by atoms with Gasteiger partial charge in [-0.25, -0.2) is 4.98 Å². The quantitative estimate of drug-likeness (QED) is 0.447. The lowest BCUT2D eigenvalue weighted by Gasteiger charge is -2.32. The van der Waals surface area contributed by atoms with Gasteiger partial charge in [0.05, 0.1) is 32.3 Å². The minimum absolute atomic E-state index is 0.00490. The number of amides is 2. The number of aromatic nitrogens is 1. The number of thiophene rings is 1. The van der Waals surface area contributed by atoms with Crippen LogP contribution in [-0.2, 0) is 0 Å². The predicted octanol–water partition coefficient (Wildman–Crippen LogP) is 5.24. The summed E-state index contributed by atoms with van der Waals surface area (Å²) in [6, 6.07) is 16.6. The Bertz CT molecular complexity index is 1280.